The molecule has 240 valence electrons. The van der Waals surface area contributed by atoms with E-state index in [0.29, 0.717) is 70.9 Å². The molecule has 0 unspecified atom stereocenters. The summed E-state index contributed by atoms with van der Waals surface area (Å²) in [5.41, 5.74) is 3.21. The lowest BCUT2D eigenvalue weighted by molar-refractivity contribution is -0.152. The Labute approximate surface area is 254 Å². The zero-order valence-corrected chi connectivity index (χ0v) is 25.9. The Morgan fingerprint density at radius 2 is 1.42 bits per heavy atom. The highest BCUT2D eigenvalue weighted by Gasteiger charge is 2.51. The molecule has 2 aliphatic heterocycles. The van der Waals surface area contributed by atoms with Crippen molar-refractivity contribution in [3.8, 4) is 0 Å². The molecule has 1 saturated carbocycles. The number of carboxylic acid groups (broad SMARTS) is 1. The number of hydrogen-bond acceptors (Lipinski definition) is 10. The average Bonchev–Trinajstić information content (AvgIpc) is 3.19. The van der Waals surface area contributed by atoms with Gasteiger partial charge in [0, 0.05) is 39.3 Å². The topological polar surface area (TPSA) is 127 Å². The Bertz CT molecular complexity index is 1100. The summed E-state index contributed by atoms with van der Waals surface area (Å²) in [7, 11) is 0. The van der Waals surface area contributed by atoms with Crippen molar-refractivity contribution in [3.63, 3.8) is 0 Å². The van der Waals surface area contributed by atoms with Crippen molar-refractivity contribution in [2.75, 3.05) is 85.5 Å². The summed E-state index contributed by atoms with van der Waals surface area (Å²) in [4.78, 5) is 28.1. The van der Waals surface area contributed by atoms with Crippen LogP contribution in [0, 0.1) is 20.8 Å². The lowest BCUT2D eigenvalue weighted by Crippen LogP contribution is -2.48. The number of rotatable bonds is 16. The van der Waals surface area contributed by atoms with Crippen LogP contribution in [0.25, 0.3) is 5.57 Å². The van der Waals surface area contributed by atoms with Crippen LogP contribution in [0.3, 0.4) is 0 Å². The van der Waals surface area contributed by atoms with Crippen LogP contribution in [0.4, 0.5) is 0 Å². The van der Waals surface area contributed by atoms with Gasteiger partial charge in [-0.1, -0.05) is 17.7 Å². The molecule has 2 N–H and O–H groups in total. The van der Waals surface area contributed by atoms with Gasteiger partial charge in [0.05, 0.1) is 45.7 Å². The Balaban J connectivity index is 1.06. The highest BCUT2D eigenvalue weighted by Crippen LogP contribution is 2.46. The van der Waals surface area contributed by atoms with Crippen molar-refractivity contribution < 1.29 is 43.5 Å². The molecule has 1 saturated heterocycles. The minimum absolute atomic E-state index is 0.0574. The second-order valence-electron chi connectivity index (χ2n) is 11.8. The third-order valence-corrected chi connectivity index (χ3v) is 8.58. The first-order valence-corrected chi connectivity index (χ1v) is 15.4. The number of aryl methyl sites for hydroxylation is 3. The molecule has 1 aromatic carbocycles. The number of hydrogen-bond donors (Lipinski definition) is 2. The predicted molar refractivity (Wildman–Crippen MR) is 160 cm³/mol. The van der Waals surface area contributed by atoms with Gasteiger partial charge in [-0.05, 0) is 63.1 Å². The van der Waals surface area contributed by atoms with Crippen molar-refractivity contribution >= 4 is 17.5 Å². The van der Waals surface area contributed by atoms with Crippen molar-refractivity contribution in [1.82, 2.24) is 9.80 Å². The first kappa shape index (κ1) is 33.4. The number of esters is 1. The van der Waals surface area contributed by atoms with Crippen LogP contribution in [0.1, 0.15) is 47.9 Å². The number of carbonyl (C=O) groups is 2. The van der Waals surface area contributed by atoms with Crippen molar-refractivity contribution in [2.24, 2.45) is 0 Å². The molecule has 2 heterocycles. The Morgan fingerprint density at radius 3 is 1.98 bits per heavy atom. The largest absolute Gasteiger partial charge is 0.507 e. The smallest absolute Gasteiger partial charge is 0.343 e. The monoisotopic (exact) mass is 604 g/mol. The van der Waals surface area contributed by atoms with Gasteiger partial charge in [-0.3, -0.25) is 9.80 Å². The van der Waals surface area contributed by atoms with Crippen molar-refractivity contribution in [3.05, 3.63) is 40.1 Å². The third-order valence-electron chi connectivity index (χ3n) is 8.58. The van der Waals surface area contributed by atoms with Gasteiger partial charge < -0.3 is 33.9 Å². The third kappa shape index (κ3) is 9.23. The predicted octanol–water partition coefficient (Wildman–Crippen LogP) is 2.89. The van der Waals surface area contributed by atoms with Gasteiger partial charge in [-0.15, -0.1) is 0 Å². The summed E-state index contributed by atoms with van der Waals surface area (Å²) < 4.78 is 28.2. The van der Waals surface area contributed by atoms with E-state index in [1.165, 1.54) is 0 Å². The average molecular weight is 605 g/mol. The Morgan fingerprint density at radius 1 is 0.884 bits per heavy atom. The highest BCUT2D eigenvalue weighted by molar-refractivity contribution is 6.20. The first-order chi connectivity index (χ1) is 20.7. The SMILES string of the molecule is Cc1cc(C)c(C2=C(O)C3(CCC(OCCOCCN4CCN(CCOCCOCC(=O)O)CC4)CC3)OC2=O)c(C)c1. The number of benzene rings is 1. The molecule has 43 heavy (non-hydrogen) atoms. The maximum Gasteiger partial charge on any atom is 0.343 e. The summed E-state index contributed by atoms with van der Waals surface area (Å²) in [5, 5.41) is 19.7. The summed E-state index contributed by atoms with van der Waals surface area (Å²) in [6.45, 7) is 14.4. The second kappa shape index (κ2) is 16.0. The zero-order valence-electron chi connectivity index (χ0n) is 25.9. The molecular weight excluding hydrogens is 556 g/mol. The van der Waals surface area contributed by atoms with Crippen molar-refractivity contribution in [1.29, 1.82) is 0 Å². The molecule has 0 radical (unpaired) electrons. The standard InChI is InChI=1S/C32H48N2O9/c1-23-20-24(2)28(25(3)21-23)29-30(37)32(43-31(29)38)6-4-26(5-7-32)42-19-18-40-15-13-34-10-8-33(9-11-34)12-14-39-16-17-41-22-27(35)36/h20-21,26,37H,4-19,22H2,1-3H3,(H,35,36). The number of carboxylic acids is 1. The minimum Gasteiger partial charge on any atom is -0.507 e. The summed E-state index contributed by atoms with van der Waals surface area (Å²) >= 11 is 0. The lowest BCUT2D eigenvalue weighted by atomic mass is 9.80. The number of aliphatic hydroxyl groups is 1. The van der Waals surface area contributed by atoms with E-state index < -0.39 is 17.5 Å². The van der Waals surface area contributed by atoms with Crippen LogP contribution in [-0.2, 0) is 33.3 Å². The number of aliphatic hydroxyl groups excluding tert-OH is 1. The van der Waals surface area contributed by atoms with Crippen LogP contribution in [0.2, 0.25) is 0 Å². The maximum atomic E-state index is 12.9. The zero-order chi connectivity index (χ0) is 30.8. The van der Waals surface area contributed by atoms with Gasteiger partial charge in [0.1, 0.15) is 12.2 Å². The number of nitrogens with zero attached hydrogens (tertiary/aromatic N) is 2. The van der Waals surface area contributed by atoms with Gasteiger partial charge in [-0.2, -0.15) is 0 Å². The molecule has 0 bridgehead atoms. The van der Waals surface area contributed by atoms with E-state index in [1.54, 1.807) is 0 Å². The molecule has 2 fully saturated rings. The van der Waals surface area contributed by atoms with E-state index in [2.05, 4.69) is 9.80 Å². The Hall–Kier alpha value is -2.54. The van der Waals surface area contributed by atoms with E-state index in [-0.39, 0.29) is 18.5 Å². The van der Waals surface area contributed by atoms with Crippen LogP contribution in [-0.4, -0.2) is 129 Å². The van der Waals surface area contributed by atoms with Crippen LogP contribution < -0.4 is 0 Å². The first-order valence-electron chi connectivity index (χ1n) is 15.4. The molecule has 1 aromatic rings. The van der Waals surface area contributed by atoms with Gasteiger partial charge in [0.25, 0.3) is 0 Å². The van der Waals surface area contributed by atoms with E-state index in [9.17, 15) is 14.7 Å². The molecule has 4 rings (SSSR count). The summed E-state index contributed by atoms with van der Waals surface area (Å²) in [6.07, 6.45) is 2.57. The number of ether oxygens (including phenoxy) is 5. The Kier molecular flexibility index (Phi) is 12.4. The van der Waals surface area contributed by atoms with E-state index in [4.69, 9.17) is 28.8 Å². The summed E-state index contributed by atoms with van der Waals surface area (Å²) in [6, 6.07) is 4.06. The van der Waals surface area contributed by atoms with Crippen LogP contribution in [0.15, 0.2) is 17.9 Å². The van der Waals surface area contributed by atoms with Gasteiger partial charge in [0.2, 0.25) is 0 Å². The molecule has 1 aliphatic carbocycles. The molecule has 0 atom stereocenters. The fourth-order valence-corrected chi connectivity index (χ4v) is 6.34. The minimum atomic E-state index is -0.969. The van der Waals surface area contributed by atoms with Gasteiger partial charge in [-0.25, -0.2) is 9.59 Å². The lowest BCUT2D eigenvalue weighted by Gasteiger charge is -2.35. The van der Waals surface area contributed by atoms with E-state index in [1.807, 2.05) is 32.9 Å². The fraction of sp³-hybridized carbons (Fsp3) is 0.688. The molecule has 0 aromatic heterocycles. The number of aliphatic carboxylic acids is 1. The fourth-order valence-electron chi connectivity index (χ4n) is 6.34. The molecule has 0 amide bonds. The highest BCUT2D eigenvalue weighted by atomic mass is 16.6. The molecule has 3 aliphatic rings. The quantitative estimate of drug-likeness (QED) is 0.214. The van der Waals surface area contributed by atoms with Gasteiger partial charge >= 0.3 is 11.9 Å². The second-order valence-corrected chi connectivity index (χ2v) is 11.8. The summed E-state index contributed by atoms with van der Waals surface area (Å²) in [5.74, 6) is -1.33. The molecule has 11 nitrogen and oxygen atoms in total. The molecule has 11 heteroatoms. The van der Waals surface area contributed by atoms with Crippen LogP contribution in [0.5, 0.6) is 0 Å². The number of piperazine rings is 1. The maximum absolute atomic E-state index is 12.9. The normalized spacial score (nSPS) is 23.3. The van der Waals surface area contributed by atoms with Crippen LogP contribution >= 0.6 is 0 Å². The van der Waals surface area contributed by atoms with E-state index >= 15 is 0 Å². The van der Waals surface area contributed by atoms with E-state index in [0.717, 1.165) is 61.5 Å². The molecule has 1 spiro atoms. The van der Waals surface area contributed by atoms with Crippen molar-refractivity contribution in [2.45, 2.75) is 58.2 Å². The molecular formula is C32H48N2O9. The van der Waals surface area contributed by atoms with Gasteiger partial charge in [0.15, 0.2) is 11.4 Å². The number of carbonyl (C=O) groups excluding carboxylic acids is 1.